The van der Waals surface area contributed by atoms with Gasteiger partial charge in [-0.3, -0.25) is 14.7 Å². The molecule has 124 valence electrons. The lowest BCUT2D eigenvalue weighted by atomic mass is 9.78. The molecule has 23 heavy (non-hydrogen) atoms. The maximum absolute atomic E-state index is 12.5. The zero-order valence-corrected chi connectivity index (χ0v) is 13.5. The SMILES string of the molecule is O=C(C[C@]12COC[C@H]1CN(C1CCC1)C2)NCc1cccnc1. The summed E-state index contributed by atoms with van der Waals surface area (Å²) < 4.78 is 5.74. The summed E-state index contributed by atoms with van der Waals surface area (Å²) in [5.74, 6) is 0.659. The van der Waals surface area contributed by atoms with Gasteiger partial charge >= 0.3 is 0 Å². The second-order valence-electron chi connectivity index (χ2n) is 7.40. The molecule has 1 aromatic rings. The van der Waals surface area contributed by atoms with Gasteiger partial charge in [-0.2, -0.15) is 0 Å². The van der Waals surface area contributed by atoms with Crippen LogP contribution in [-0.4, -0.2) is 48.1 Å². The van der Waals surface area contributed by atoms with E-state index in [0.29, 0.717) is 18.9 Å². The molecule has 0 aromatic carbocycles. The van der Waals surface area contributed by atoms with Gasteiger partial charge in [0.2, 0.25) is 5.91 Å². The lowest BCUT2D eigenvalue weighted by Crippen LogP contribution is -2.42. The van der Waals surface area contributed by atoms with E-state index in [1.165, 1.54) is 19.3 Å². The molecule has 0 spiro atoms. The molecule has 3 heterocycles. The summed E-state index contributed by atoms with van der Waals surface area (Å²) in [5, 5.41) is 3.05. The average Bonchev–Trinajstić information content (AvgIpc) is 3.01. The maximum atomic E-state index is 12.5. The number of nitrogens with zero attached hydrogens (tertiary/aromatic N) is 2. The molecular formula is C18H25N3O2. The fourth-order valence-electron chi connectivity index (χ4n) is 4.24. The van der Waals surface area contributed by atoms with E-state index >= 15 is 0 Å². The van der Waals surface area contributed by atoms with Crippen molar-refractivity contribution in [3.63, 3.8) is 0 Å². The van der Waals surface area contributed by atoms with Crippen LogP contribution in [0.5, 0.6) is 0 Å². The van der Waals surface area contributed by atoms with Crippen molar-refractivity contribution in [2.24, 2.45) is 11.3 Å². The molecule has 1 amide bonds. The Bertz CT molecular complexity index is 561. The lowest BCUT2D eigenvalue weighted by Gasteiger charge is -2.36. The van der Waals surface area contributed by atoms with Crippen LogP contribution >= 0.6 is 0 Å². The first-order valence-corrected chi connectivity index (χ1v) is 8.73. The molecule has 2 saturated heterocycles. The Morgan fingerprint density at radius 3 is 3.13 bits per heavy atom. The second kappa shape index (κ2) is 6.21. The largest absolute Gasteiger partial charge is 0.380 e. The molecule has 3 fully saturated rings. The number of fused-ring (bicyclic) bond motifs is 1. The summed E-state index contributed by atoms with van der Waals surface area (Å²) in [7, 11) is 0. The first-order chi connectivity index (χ1) is 11.3. The minimum Gasteiger partial charge on any atom is -0.380 e. The predicted octanol–water partition coefficient (Wildman–Crippen LogP) is 1.59. The summed E-state index contributed by atoms with van der Waals surface area (Å²) in [5.41, 5.74) is 1.08. The predicted molar refractivity (Wildman–Crippen MR) is 86.7 cm³/mol. The number of carbonyl (C=O) groups excluding carboxylic acids is 1. The number of likely N-dealkylation sites (tertiary alicyclic amines) is 1. The molecule has 2 atom stereocenters. The van der Waals surface area contributed by atoms with Crippen molar-refractivity contribution >= 4 is 5.91 Å². The molecule has 5 nitrogen and oxygen atoms in total. The number of hydrogen-bond donors (Lipinski definition) is 1. The number of hydrogen-bond acceptors (Lipinski definition) is 4. The molecule has 1 aliphatic carbocycles. The summed E-state index contributed by atoms with van der Waals surface area (Å²) in [6.45, 7) is 4.25. The molecule has 5 heteroatoms. The van der Waals surface area contributed by atoms with E-state index in [1.54, 1.807) is 12.4 Å². The van der Waals surface area contributed by atoms with Gasteiger partial charge < -0.3 is 10.1 Å². The van der Waals surface area contributed by atoms with Gasteiger partial charge in [0.05, 0.1) is 13.2 Å². The fraction of sp³-hybridized carbons (Fsp3) is 0.667. The van der Waals surface area contributed by atoms with E-state index in [4.69, 9.17) is 4.74 Å². The quantitative estimate of drug-likeness (QED) is 0.896. The molecule has 1 aromatic heterocycles. The molecule has 0 radical (unpaired) electrons. The zero-order chi connectivity index (χ0) is 15.7. The number of carbonyl (C=O) groups is 1. The van der Waals surface area contributed by atoms with Gasteiger partial charge in [-0.05, 0) is 24.5 Å². The van der Waals surface area contributed by atoms with Crippen molar-refractivity contribution < 1.29 is 9.53 Å². The van der Waals surface area contributed by atoms with Gasteiger partial charge in [0.1, 0.15) is 0 Å². The lowest BCUT2D eigenvalue weighted by molar-refractivity contribution is -0.124. The first kappa shape index (κ1) is 15.1. The van der Waals surface area contributed by atoms with Crippen LogP contribution in [0.4, 0.5) is 0 Å². The smallest absolute Gasteiger partial charge is 0.220 e. The van der Waals surface area contributed by atoms with Crippen molar-refractivity contribution in [3.8, 4) is 0 Å². The summed E-state index contributed by atoms with van der Waals surface area (Å²) in [4.78, 5) is 19.2. The van der Waals surface area contributed by atoms with E-state index < -0.39 is 0 Å². The number of amides is 1. The van der Waals surface area contributed by atoms with E-state index in [0.717, 1.165) is 37.9 Å². The highest BCUT2D eigenvalue weighted by Crippen LogP contribution is 2.46. The van der Waals surface area contributed by atoms with Gasteiger partial charge in [0, 0.05) is 55.8 Å². The molecule has 0 bridgehead atoms. The minimum absolute atomic E-state index is 0.0363. The minimum atomic E-state index is 0.0363. The van der Waals surface area contributed by atoms with E-state index in [1.807, 2.05) is 12.1 Å². The van der Waals surface area contributed by atoms with Crippen molar-refractivity contribution in [1.29, 1.82) is 0 Å². The van der Waals surface area contributed by atoms with Crippen LogP contribution in [0, 0.1) is 11.3 Å². The Morgan fingerprint density at radius 1 is 1.48 bits per heavy atom. The Balaban J connectivity index is 1.35. The van der Waals surface area contributed by atoms with Crippen LogP contribution in [0.1, 0.15) is 31.2 Å². The van der Waals surface area contributed by atoms with Crippen molar-refractivity contribution in [3.05, 3.63) is 30.1 Å². The van der Waals surface area contributed by atoms with Crippen molar-refractivity contribution in [2.45, 2.75) is 38.3 Å². The van der Waals surface area contributed by atoms with Crippen LogP contribution < -0.4 is 5.32 Å². The molecule has 3 aliphatic rings. The zero-order valence-electron chi connectivity index (χ0n) is 13.5. The molecule has 1 N–H and O–H groups in total. The fourth-order valence-corrected chi connectivity index (χ4v) is 4.24. The molecular weight excluding hydrogens is 290 g/mol. The van der Waals surface area contributed by atoms with Gasteiger partial charge in [-0.25, -0.2) is 0 Å². The Labute approximate surface area is 137 Å². The van der Waals surface area contributed by atoms with Crippen LogP contribution in [0.2, 0.25) is 0 Å². The van der Waals surface area contributed by atoms with Gasteiger partial charge in [-0.1, -0.05) is 12.5 Å². The number of aromatic nitrogens is 1. The highest BCUT2D eigenvalue weighted by atomic mass is 16.5. The third-order valence-corrected chi connectivity index (χ3v) is 5.86. The normalized spacial score (nSPS) is 30.9. The van der Waals surface area contributed by atoms with Gasteiger partial charge in [0.25, 0.3) is 0 Å². The highest BCUT2D eigenvalue weighted by molar-refractivity contribution is 5.77. The standard InChI is InChI=1S/C18H25N3O2/c22-17(20-9-14-3-2-6-19-8-14)7-18-12-21(16-4-1-5-16)10-15(18)11-23-13-18/h2-3,6,8,15-16H,1,4-5,7,9-13H2,(H,20,22)/t15-,18+/m1/s1. The summed E-state index contributed by atoms with van der Waals surface area (Å²) >= 11 is 0. The second-order valence-corrected chi connectivity index (χ2v) is 7.40. The third kappa shape index (κ3) is 3.00. The summed E-state index contributed by atoms with van der Waals surface area (Å²) in [6.07, 6.45) is 8.15. The monoisotopic (exact) mass is 315 g/mol. The van der Waals surface area contributed by atoms with Gasteiger partial charge in [0.15, 0.2) is 0 Å². The van der Waals surface area contributed by atoms with Crippen molar-refractivity contribution in [2.75, 3.05) is 26.3 Å². The molecule has 0 unspecified atom stereocenters. The molecule has 2 aliphatic heterocycles. The molecule has 1 saturated carbocycles. The van der Waals surface area contributed by atoms with E-state index in [2.05, 4.69) is 15.2 Å². The Hall–Kier alpha value is -1.46. The maximum Gasteiger partial charge on any atom is 0.220 e. The topological polar surface area (TPSA) is 54.5 Å². The number of pyridine rings is 1. The van der Waals surface area contributed by atoms with Crippen LogP contribution in [0.25, 0.3) is 0 Å². The highest BCUT2D eigenvalue weighted by Gasteiger charge is 2.53. The third-order valence-electron chi connectivity index (χ3n) is 5.86. The van der Waals surface area contributed by atoms with Gasteiger partial charge in [-0.15, -0.1) is 0 Å². The van der Waals surface area contributed by atoms with Crippen LogP contribution in [-0.2, 0) is 16.1 Å². The number of nitrogens with one attached hydrogen (secondary N) is 1. The first-order valence-electron chi connectivity index (χ1n) is 8.73. The average molecular weight is 315 g/mol. The Kier molecular flexibility index (Phi) is 4.07. The van der Waals surface area contributed by atoms with Crippen LogP contribution in [0.3, 0.4) is 0 Å². The van der Waals surface area contributed by atoms with Crippen molar-refractivity contribution in [1.82, 2.24) is 15.2 Å². The Morgan fingerprint density at radius 2 is 2.39 bits per heavy atom. The van der Waals surface area contributed by atoms with Crippen LogP contribution in [0.15, 0.2) is 24.5 Å². The summed E-state index contributed by atoms with van der Waals surface area (Å²) in [6, 6.07) is 4.64. The molecule has 4 rings (SSSR count). The van der Waals surface area contributed by atoms with E-state index in [-0.39, 0.29) is 11.3 Å². The number of rotatable bonds is 5. The number of ether oxygens (including phenoxy) is 1. The van der Waals surface area contributed by atoms with E-state index in [9.17, 15) is 4.79 Å².